The Kier molecular flexibility index (Phi) is 3.62. The van der Waals surface area contributed by atoms with Crippen LogP contribution in [-0.4, -0.2) is 15.8 Å². The largest absolute Gasteiger partial charge is 0.441 e. The number of alkyl halides is 1. The zero-order valence-corrected chi connectivity index (χ0v) is 10.5. The summed E-state index contributed by atoms with van der Waals surface area (Å²) in [5, 5.41) is 10.9. The van der Waals surface area contributed by atoms with Gasteiger partial charge in [0.15, 0.2) is 11.7 Å². The Bertz CT molecular complexity index is 580. The van der Waals surface area contributed by atoms with E-state index in [1.54, 1.807) is 25.3 Å². The van der Waals surface area contributed by atoms with E-state index in [0.717, 1.165) is 0 Å². The van der Waals surface area contributed by atoms with Crippen LogP contribution in [0.5, 0.6) is 0 Å². The van der Waals surface area contributed by atoms with Crippen molar-refractivity contribution >= 4 is 17.3 Å². The third-order valence-electron chi connectivity index (χ3n) is 2.55. The molecule has 94 valence electrons. The maximum Gasteiger partial charge on any atom is 0.273 e. The maximum absolute atomic E-state index is 10.9. The Labute approximate surface area is 109 Å². The van der Waals surface area contributed by atoms with E-state index in [9.17, 15) is 10.1 Å². The molecule has 0 unspecified atom stereocenters. The van der Waals surface area contributed by atoms with Crippen molar-refractivity contribution in [2.75, 3.05) is 5.88 Å². The van der Waals surface area contributed by atoms with Crippen molar-refractivity contribution in [3.8, 4) is 11.3 Å². The van der Waals surface area contributed by atoms with Crippen LogP contribution in [-0.2, 0) is 6.42 Å². The first-order valence-electron chi connectivity index (χ1n) is 5.38. The zero-order chi connectivity index (χ0) is 13.1. The molecule has 2 rings (SSSR count). The van der Waals surface area contributed by atoms with Gasteiger partial charge in [0.2, 0.25) is 0 Å². The Balaban J connectivity index is 2.38. The number of halogens is 1. The third kappa shape index (κ3) is 2.51. The highest BCUT2D eigenvalue weighted by Gasteiger charge is 2.14. The predicted molar refractivity (Wildman–Crippen MR) is 67.8 cm³/mol. The van der Waals surface area contributed by atoms with Gasteiger partial charge < -0.3 is 4.42 Å². The molecule has 5 nitrogen and oxygen atoms in total. The molecule has 0 aliphatic carbocycles. The van der Waals surface area contributed by atoms with Crippen LogP contribution in [0.2, 0.25) is 0 Å². The van der Waals surface area contributed by atoms with Crippen molar-refractivity contribution in [2.24, 2.45) is 0 Å². The molecule has 1 aromatic heterocycles. The minimum Gasteiger partial charge on any atom is -0.441 e. The van der Waals surface area contributed by atoms with Gasteiger partial charge in [0.1, 0.15) is 0 Å². The Morgan fingerprint density at radius 1 is 1.50 bits per heavy atom. The fourth-order valence-corrected chi connectivity index (χ4v) is 1.76. The van der Waals surface area contributed by atoms with Crippen LogP contribution >= 0.6 is 11.6 Å². The first kappa shape index (κ1) is 12.6. The molecule has 0 N–H and O–H groups in total. The summed E-state index contributed by atoms with van der Waals surface area (Å²) in [4.78, 5) is 14.5. The van der Waals surface area contributed by atoms with E-state index < -0.39 is 4.92 Å². The molecule has 0 bridgehead atoms. The summed E-state index contributed by atoms with van der Waals surface area (Å²) in [7, 11) is 0. The van der Waals surface area contributed by atoms with E-state index in [4.69, 9.17) is 16.0 Å². The first-order chi connectivity index (χ1) is 8.61. The number of rotatable bonds is 4. The van der Waals surface area contributed by atoms with Gasteiger partial charge in [-0.05, 0) is 6.92 Å². The van der Waals surface area contributed by atoms with E-state index >= 15 is 0 Å². The van der Waals surface area contributed by atoms with Crippen molar-refractivity contribution in [1.82, 2.24) is 4.98 Å². The normalized spacial score (nSPS) is 10.6. The van der Waals surface area contributed by atoms with E-state index in [2.05, 4.69) is 4.98 Å². The molecule has 1 aromatic carbocycles. The van der Waals surface area contributed by atoms with E-state index in [1.165, 1.54) is 6.07 Å². The number of nitrogens with zero attached hydrogens (tertiary/aromatic N) is 2. The van der Waals surface area contributed by atoms with E-state index in [0.29, 0.717) is 35.1 Å². The van der Waals surface area contributed by atoms with Crippen LogP contribution in [0.1, 0.15) is 11.5 Å². The summed E-state index contributed by atoms with van der Waals surface area (Å²) < 4.78 is 5.47. The summed E-state index contributed by atoms with van der Waals surface area (Å²) in [5.41, 5.74) is 1.33. The number of nitro benzene ring substituents is 1. The van der Waals surface area contributed by atoms with Crippen LogP contribution in [0.3, 0.4) is 0 Å². The molecule has 0 fully saturated rings. The summed E-state index contributed by atoms with van der Waals surface area (Å²) >= 11 is 5.59. The SMILES string of the molecule is Cc1ccc(-c2cnc(CCCl)o2)cc1[N+](=O)[O-]. The second-order valence-corrected chi connectivity index (χ2v) is 4.19. The van der Waals surface area contributed by atoms with Gasteiger partial charge in [-0.1, -0.05) is 12.1 Å². The van der Waals surface area contributed by atoms with Gasteiger partial charge >= 0.3 is 0 Å². The molecule has 0 amide bonds. The average Bonchev–Trinajstić information content (AvgIpc) is 2.78. The topological polar surface area (TPSA) is 69.2 Å². The molecule has 1 heterocycles. The number of hydrogen-bond acceptors (Lipinski definition) is 4. The van der Waals surface area contributed by atoms with Gasteiger partial charge in [0, 0.05) is 29.5 Å². The number of oxazole rings is 1. The van der Waals surface area contributed by atoms with Gasteiger partial charge in [-0.25, -0.2) is 4.98 Å². The van der Waals surface area contributed by atoms with Crippen LogP contribution in [0.25, 0.3) is 11.3 Å². The molecule has 0 aliphatic rings. The summed E-state index contributed by atoms with van der Waals surface area (Å²) in [6, 6.07) is 4.95. The first-order valence-corrected chi connectivity index (χ1v) is 5.91. The van der Waals surface area contributed by atoms with Gasteiger partial charge in [-0.15, -0.1) is 11.6 Å². The van der Waals surface area contributed by atoms with Crippen molar-refractivity contribution in [1.29, 1.82) is 0 Å². The summed E-state index contributed by atoms with van der Waals surface area (Å²) in [5.74, 6) is 1.47. The van der Waals surface area contributed by atoms with Crippen molar-refractivity contribution in [3.05, 3.63) is 46.0 Å². The Morgan fingerprint density at radius 3 is 2.94 bits per heavy atom. The highest BCUT2D eigenvalue weighted by molar-refractivity contribution is 6.17. The van der Waals surface area contributed by atoms with Gasteiger partial charge in [0.05, 0.1) is 11.1 Å². The Morgan fingerprint density at radius 2 is 2.28 bits per heavy atom. The molecular formula is C12H11ClN2O3. The fraction of sp³-hybridized carbons (Fsp3) is 0.250. The number of aryl methyl sites for hydroxylation is 2. The number of nitro groups is 1. The van der Waals surface area contributed by atoms with Gasteiger partial charge in [-0.3, -0.25) is 10.1 Å². The minimum absolute atomic E-state index is 0.0720. The number of benzene rings is 1. The van der Waals surface area contributed by atoms with Crippen molar-refractivity contribution in [2.45, 2.75) is 13.3 Å². The van der Waals surface area contributed by atoms with Crippen LogP contribution in [0.4, 0.5) is 5.69 Å². The summed E-state index contributed by atoms with van der Waals surface area (Å²) in [6.45, 7) is 1.70. The van der Waals surface area contributed by atoms with Crippen LogP contribution in [0, 0.1) is 17.0 Å². The van der Waals surface area contributed by atoms with Gasteiger partial charge in [-0.2, -0.15) is 0 Å². The molecule has 2 aromatic rings. The zero-order valence-electron chi connectivity index (χ0n) is 9.72. The quantitative estimate of drug-likeness (QED) is 0.483. The molecule has 0 spiro atoms. The molecule has 0 aliphatic heterocycles. The number of aromatic nitrogens is 1. The average molecular weight is 267 g/mol. The molecule has 0 atom stereocenters. The predicted octanol–water partition coefficient (Wildman–Crippen LogP) is 3.34. The summed E-state index contributed by atoms with van der Waals surface area (Å²) in [6.07, 6.45) is 2.09. The van der Waals surface area contributed by atoms with E-state index in [-0.39, 0.29) is 5.69 Å². The highest BCUT2D eigenvalue weighted by atomic mass is 35.5. The Hall–Kier alpha value is -1.88. The fourth-order valence-electron chi connectivity index (χ4n) is 1.60. The second-order valence-electron chi connectivity index (χ2n) is 3.82. The van der Waals surface area contributed by atoms with Gasteiger partial charge in [0.25, 0.3) is 5.69 Å². The van der Waals surface area contributed by atoms with Crippen molar-refractivity contribution < 1.29 is 9.34 Å². The number of hydrogen-bond donors (Lipinski definition) is 0. The lowest BCUT2D eigenvalue weighted by Crippen LogP contribution is -1.91. The van der Waals surface area contributed by atoms with Crippen LogP contribution < -0.4 is 0 Å². The lowest BCUT2D eigenvalue weighted by molar-refractivity contribution is -0.385. The molecule has 0 saturated carbocycles. The molecule has 0 radical (unpaired) electrons. The maximum atomic E-state index is 10.9. The third-order valence-corrected chi connectivity index (χ3v) is 2.74. The highest BCUT2D eigenvalue weighted by Crippen LogP contribution is 2.27. The standard InChI is InChI=1S/C12H11ClN2O3/c1-8-2-3-9(6-10(8)15(16)17)11-7-14-12(18-11)4-5-13/h2-3,6-7H,4-5H2,1H3. The molecule has 6 heteroatoms. The van der Waals surface area contributed by atoms with E-state index in [1.807, 2.05) is 0 Å². The molecular weight excluding hydrogens is 256 g/mol. The smallest absolute Gasteiger partial charge is 0.273 e. The monoisotopic (exact) mass is 266 g/mol. The lowest BCUT2D eigenvalue weighted by Gasteiger charge is -1.99. The van der Waals surface area contributed by atoms with Crippen molar-refractivity contribution in [3.63, 3.8) is 0 Å². The molecule has 0 saturated heterocycles. The lowest BCUT2D eigenvalue weighted by atomic mass is 10.1. The molecule has 18 heavy (non-hydrogen) atoms. The second kappa shape index (κ2) is 5.18. The minimum atomic E-state index is -0.408. The van der Waals surface area contributed by atoms with Crippen LogP contribution in [0.15, 0.2) is 28.8 Å².